The predicted octanol–water partition coefficient (Wildman–Crippen LogP) is -1.65. The Morgan fingerprint density at radius 1 is 1.07 bits per heavy atom. The first-order chi connectivity index (χ1) is 13.8. The number of nitrogens with zero attached hydrogens (tertiary/aromatic N) is 1. The van der Waals surface area contributed by atoms with E-state index in [2.05, 4.69) is 35.9 Å². The SMILES string of the molecule is NCCCCC(N)C(=O)NC(CS)C(=O)NC(CS)C(=O)N1CCCC1C(=O)O. The molecule has 1 heterocycles. The van der Waals surface area contributed by atoms with Crippen LogP contribution in [0, 0.1) is 0 Å². The van der Waals surface area contributed by atoms with E-state index in [1.54, 1.807) is 0 Å². The van der Waals surface area contributed by atoms with E-state index in [4.69, 9.17) is 11.5 Å². The monoisotopic (exact) mass is 449 g/mol. The standard InChI is InChI=1S/C17H31N5O5S2/c18-6-2-1-4-10(19)14(23)20-11(8-28)15(24)21-12(9-29)16(25)22-7-3-5-13(22)17(26)27/h10-13,28-29H,1-9,18-19H2,(H,20,23)(H,21,24)(H,26,27). The van der Waals surface area contributed by atoms with E-state index in [9.17, 15) is 24.3 Å². The van der Waals surface area contributed by atoms with Crippen molar-refractivity contribution in [2.45, 2.75) is 56.3 Å². The maximum Gasteiger partial charge on any atom is 0.326 e. The fourth-order valence-corrected chi connectivity index (χ4v) is 3.56. The Hall–Kier alpha value is -1.50. The van der Waals surface area contributed by atoms with Gasteiger partial charge in [0.05, 0.1) is 6.04 Å². The number of carbonyl (C=O) groups is 4. The first-order valence-electron chi connectivity index (χ1n) is 9.58. The van der Waals surface area contributed by atoms with Crippen molar-refractivity contribution in [2.75, 3.05) is 24.6 Å². The van der Waals surface area contributed by atoms with Gasteiger partial charge in [-0.15, -0.1) is 0 Å². The molecule has 0 spiro atoms. The summed E-state index contributed by atoms with van der Waals surface area (Å²) in [6, 6.07) is -3.69. The zero-order valence-corrected chi connectivity index (χ0v) is 18.0. The minimum absolute atomic E-state index is 0.00202. The molecule has 0 aromatic heterocycles. The number of hydrogen-bond donors (Lipinski definition) is 7. The Morgan fingerprint density at radius 2 is 1.69 bits per heavy atom. The van der Waals surface area contributed by atoms with Gasteiger partial charge in [-0.25, -0.2) is 4.79 Å². The van der Waals surface area contributed by atoms with E-state index in [1.165, 1.54) is 4.90 Å². The van der Waals surface area contributed by atoms with Crippen molar-refractivity contribution in [3.63, 3.8) is 0 Å². The van der Waals surface area contributed by atoms with Crippen molar-refractivity contribution in [3.05, 3.63) is 0 Å². The number of rotatable bonds is 12. The summed E-state index contributed by atoms with van der Waals surface area (Å²) in [7, 11) is 0. The van der Waals surface area contributed by atoms with Gasteiger partial charge >= 0.3 is 5.97 Å². The predicted molar refractivity (Wildman–Crippen MR) is 115 cm³/mol. The maximum atomic E-state index is 12.7. The summed E-state index contributed by atoms with van der Waals surface area (Å²) in [5.74, 6) is -2.71. The van der Waals surface area contributed by atoms with Crippen LogP contribution in [0.15, 0.2) is 0 Å². The van der Waals surface area contributed by atoms with Crippen LogP contribution in [0.25, 0.3) is 0 Å². The molecule has 0 bridgehead atoms. The van der Waals surface area contributed by atoms with E-state index < -0.39 is 47.9 Å². The molecule has 3 amide bonds. The van der Waals surface area contributed by atoms with Crippen LogP contribution in [-0.4, -0.2) is 82.5 Å². The minimum Gasteiger partial charge on any atom is -0.480 e. The summed E-state index contributed by atoms with van der Waals surface area (Å²) >= 11 is 8.20. The third-order valence-corrected chi connectivity index (χ3v) is 5.47. The van der Waals surface area contributed by atoms with Gasteiger partial charge in [-0.3, -0.25) is 14.4 Å². The molecule has 1 aliphatic heterocycles. The largest absolute Gasteiger partial charge is 0.480 e. The van der Waals surface area contributed by atoms with Gasteiger partial charge in [-0.2, -0.15) is 25.3 Å². The molecule has 29 heavy (non-hydrogen) atoms. The van der Waals surface area contributed by atoms with E-state index in [0.29, 0.717) is 38.8 Å². The van der Waals surface area contributed by atoms with Crippen LogP contribution in [-0.2, 0) is 19.2 Å². The lowest BCUT2D eigenvalue weighted by Crippen LogP contribution is -2.58. The number of nitrogens with two attached hydrogens (primary N) is 2. The van der Waals surface area contributed by atoms with Crippen LogP contribution in [0.5, 0.6) is 0 Å². The van der Waals surface area contributed by atoms with Gasteiger partial charge in [-0.1, -0.05) is 6.42 Å². The zero-order chi connectivity index (χ0) is 22.0. The van der Waals surface area contributed by atoms with Gasteiger partial charge in [-0.05, 0) is 32.2 Å². The zero-order valence-electron chi connectivity index (χ0n) is 16.2. The lowest BCUT2D eigenvalue weighted by atomic mass is 10.1. The minimum atomic E-state index is -1.08. The Kier molecular flexibility index (Phi) is 11.4. The lowest BCUT2D eigenvalue weighted by Gasteiger charge is -2.28. The van der Waals surface area contributed by atoms with Crippen molar-refractivity contribution >= 4 is 48.9 Å². The van der Waals surface area contributed by atoms with Gasteiger partial charge in [0, 0.05) is 18.1 Å². The summed E-state index contributed by atoms with van der Waals surface area (Å²) in [5.41, 5.74) is 11.2. The summed E-state index contributed by atoms with van der Waals surface area (Å²) in [6.07, 6.45) is 2.82. The second kappa shape index (κ2) is 12.9. The van der Waals surface area contributed by atoms with Crippen LogP contribution < -0.4 is 22.1 Å². The molecule has 4 unspecified atom stereocenters. The van der Waals surface area contributed by atoms with Crippen molar-refractivity contribution in [1.29, 1.82) is 0 Å². The van der Waals surface area contributed by atoms with Crippen LogP contribution in [0.4, 0.5) is 0 Å². The number of amides is 3. The highest BCUT2D eigenvalue weighted by atomic mass is 32.1. The number of carboxylic acid groups (broad SMARTS) is 1. The van der Waals surface area contributed by atoms with E-state index in [-0.39, 0.29) is 11.5 Å². The van der Waals surface area contributed by atoms with Gasteiger partial charge in [0.1, 0.15) is 18.1 Å². The highest BCUT2D eigenvalue weighted by molar-refractivity contribution is 7.80. The maximum absolute atomic E-state index is 12.7. The normalized spacial score (nSPS) is 19.3. The van der Waals surface area contributed by atoms with Crippen molar-refractivity contribution in [2.24, 2.45) is 11.5 Å². The average molecular weight is 450 g/mol. The molecule has 0 radical (unpaired) electrons. The summed E-state index contributed by atoms with van der Waals surface area (Å²) in [5, 5.41) is 14.3. The Bertz CT molecular complexity index is 595. The number of unbranched alkanes of at least 4 members (excludes halogenated alkanes) is 1. The summed E-state index contributed by atoms with van der Waals surface area (Å²) in [4.78, 5) is 50.0. The molecule has 1 saturated heterocycles. The second-order valence-corrected chi connectivity index (χ2v) is 7.64. The van der Waals surface area contributed by atoms with Crippen LogP contribution >= 0.6 is 25.3 Å². The number of carboxylic acids is 1. The number of nitrogens with one attached hydrogen (secondary N) is 2. The number of carbonyl (C=O) groups excluding carboxylic acids is 3. The molecule has 1 fully saturated rings. The molecule has 1 rings (SSSR count). The molecule has 166 valence electrons. The number of thiol groups is 2. The van der Waals surface area contributed by atoms with Crippen LogP contribution in [0.3, 0.4) is 0 Å². The van der Waals surface area contributed by atoms with Crippen LogP contribution in [0.1, 0.15) is 32.1 Å². The first-order valence-corrected chi connectivity index (χ1v) is 10.8. The molecule has 0 saturated carbocycles. The lowest BCUT2D eigenvalue weighted by molar-refractivity contribution is -0.149. The number of hydrogen-bond acceptors (Lipinski definition) is 8. The van der Waals surface area contributed by atoms with Gasteiger partial charge in [0.2, 0.25) is 17.7 Å². The molecular weight excluding hydrogens is 418 g/mol. The highest BCUT2D eigenvalue weighted by Gasteiger charge is 2.37. The highest BCUT2D eigenvalue weighted by Crippen LogP contribution is 2.18. The Morgan fingerprint density at radius 3 is 2.24 bits per heavy atom. The molecule has 4 atom stereocenters. The molecule has 0 aromatic rings. The van der Waals surface area contributed by atoms with Crippen molar-refractivity contribution in [3.8, 4) is 0 Å². The van der Waals surface area contributed by atoms with E-state index in [1.807, 2.05) is 0 Å². The Labute approximate surface area is 181 Å². The third kappa shape index (κ3) is 7.68. The second-order valence-electron chi connectivity index (χ2n) is 6.91. The van der Waals surface area contributed by atoms with Gasteiger partial charge in [0.25, 0.3) is 0 Å². The van der Waals surface area contributed by atoms with Gasteiger partial charge < -0.3 is 32.1 Å². The van der Waals surface area contributed by atoms with Crippen molar-refractivity contribution in [1.82, 2.24) is 15.5 Å². The molecule has 12 heteroatoms. The molecule has 10 nitrogen and oxygen atoms in total. The average Bonchev–Trinajstić information content (AvgIpc) is 3.19. The summed E-state index contributed by atoms with van der Waals surface area (Å²) < 4.78 is 0. The molecule has 7 N–H and O–H groups in total. The molecular formula is C17H31N5O5S2. The van der Waals surface area contributed by atoms with Gasteiger partial charge in [0.15, 0.2) is 0 Å². The first kappa shape index (κ1) is 25.5. The quantitative estimate of drug-likeness (QED) is 0.138. The third-order valence-electron chi connectivity index (χ3n) is 4.74. The molecule has 0 aromatic carbocycles. The number of likely N-dealkylation sites (tertiary alicyclic amines) is 1. The Balaban J connectivity index is 2.67. The van der Waals surface area contributed by atoms with E-state index in [0.717, 1.165) is 6.42 Å². The number of aliphatic carboxylic acids is 1. The molecule has 0 aliphatic carbocycles. The van der Waals surface area contributed by atoms with Crippen LogP contribution in [0.2, 0.25) is 0 Å². The molecule has 1 aliphatic rings. The topological polar surface area (TPSA) is 168 Å². The van der Waals surface area contributed by atoms with Crippen molar-refractivity contribution < 1.29 is 24.3 Å². The smallest absolute Gasteiger partial charge is 0.326 e. The summed E-state index contributed by atoms with van der Waals surface area (Å²) in [6.45, 7) is 0.815. The fraction of sp³-hybridized carbons (Fsp3) is 0.765. The fourth-order valence-electron chi connectivity index (χ4n) is 3.06. The van der Waals surface area contributed by atoms with E-state index >= 15 is 0 Å².